The zero-order valence-electron chi connectivity index (χ0n) is 16.2. The topological polar surface area (TPSA) is 94.8 Å². The van der Waals surface area contributed by atoms with Crippen LogP contribution in [0, 0.1) is 13.8 Å². The first-order chi connectivity index (χ1) is 13.9. The van der Waals surface area contributed by atoms with Crippen molar-refractivity contribution in [3.05, 3.63) is 75.6 Å². The van der Waals surface area contributed by atoms with E-state index in [2.05, 4.69) is 5.32 Å². The summed E-state index contributed by atoms with van der Waals surface area (Å²) in [4.78, 5) is 35.5. The van der Waals surface area contributed by atoms with E-state index in [1.807, 2.05) is 26.0 Å². The van der Waals surface area contributed by atoms with E-state index in [1.165, 1.54) is 6.07 Å². The van der Waals surface area contributed by atoms with Crippen molar-refractivity contribution in [3.63, 3.8) is 0 Å². The fraction of sp³-hybridized carbons (Fsp3) is 0.227. The minimum absolute atomic E-state index is 0.0974. The predicted molar refractivity (Wildman–Crippen MR) is 107 cm³/mol. The van der Waals surface area contributed by atoms with Crippen LogP contribution in [0.2, 0.25) is 0 Å². The molecular weight excluding hydrogens is 374 g/mol. The van der Waals surface area contributed by atoms with Crippen LogP contribution in [0.15, 0.2) is 57.7 Å². The molecule has 0 aliphatic heterocycles. The van der Waals surface area contributed by atoms with Gasteiger partial charge in [-0.1, -0.05) is 18.2 Å². The molecule has 0 saturated carbocycles. The van der Waals surface area contributed by atoms with Gasteiger partial charge < -0.3 is 19.2 Å². The van der Waals surface area contributed by atoms with Crippen molar-refractivity contribution >= 4 is 22.8 Å². The van der Waals surface area contributed by atoms with Gasteiger partial charge in [0.25, 0.3) is 5.91 Å². The summed E-state index contributed by atoms with van der Waals surface area (Å²) >= 11 is 0. The number of esters is 1. The number of carbonyl (C=O) groups is 2. The van der Waals surface area contributed by atoms with Gasteiger partial charge in [0.1, 0.15) is 24.5 Å². The maximum atomic E-state index is 12.0. The molecule has 0 radical (unpaired) electrons. The predicted octanol–water partition coefficient (Wildman–Crippen LogP) is 2.65. The molecule has 7 nitrogen and oxygen atoms in total. The Morgan fingerprint density at radius 3 is 2.52 bits per heavy atom. The van der Waals surface area contributed by atoms with Crippen molar-refractivity contribution in [2.24, 2.45) is 0 Å². The van der Waals surface area contributed by atoms with Crippen LogP contribution in [0.25, 0.3) is 11.0 Å². The van der Waals surface area contributed by atoms with Crippen molar-refractivity contribution in [3.8, 4) is 5.75 Å². The molecule has 0 bridgehead atoms. The van der Waals surface area contributed by atoms with Crippen molar-refractivity contribution in [2.45, 2.75) is 20.5 Å². The lowest BCUT2D eigenvalue weighted by atomic mass is 10.0. The van der Waals surface area contributed by atoms with Gasteiger partial charge in [-0.3, -0.25) is 9.59 Å². The first kappa shape index (κ1) is 20.1. The number of ether oxygens (including phenoxy) is 2. The third-order valence-electron chi connectivity index (χ3n) is 4.38. The Kier molecular flexibility index (Phi) is 6.29. The molecule has 0 atom stereocenters. The second kappa shape index (κ2) is 9.05. The van der Waals surface area contributed by atoms with Gasteiger partial charge >= 0.3 is 11.6 Å². The zero-order valence-corrected chi connectivity index (χ0v) is 16.2. The normalized spacial score (nSPS) is 10.6. The highest BCUT2D eigenvalue weighted by molar-refractivity contribution is 5.84. The lowest BCUT2D eigenvalue weighted by Crippen LogP contribution is -2.34. The lowest BCUT2D eigenvalue weighted by Gasteiger charge is -2.10. The van der Waals surface area contributed by atoms with Crippen molar-refractivity contribution in [1.82, 2.24) is 5.32 Å². The highest BCUT2D eigenvalue weighted by Gasteiger charge is 2.12. The van der Waals surface area contributed by atoms with Crippen molar-refractivity contribution in [1.29, 1.82) is 0 Å². The van der Waals surface area contributed by atoms with Crippen LogP contribution >= 0.6 is 0 Å². The van der Waals surface area contributed by atoms with Crippen LogP contribution in [-0.2, 0) is 20.9 Å². The van der Waals surface area contributed by atoms with E-state index >= 15 is 0 Å². The van der Waals surface area contributed by atoms with Gasteiger partial charge in [-0.15, -0.1) is 0 Å². The van der Waals surface area contributed by atoms with Crippen LogP contribution in [0.1, 0.15) is 16.7 Å². The summed E-state index contributed by atoms with van der Waals surface area (Å²) in [7, 11) is 0. The number of aryl methyl sites for hydroxylation is 2. The van der Waals surface area contributed by atoms with E-state index in [4.69, 9.17) is 13.9 Å². The average Bonchev–Trinajstić information content (AvgIpc) is 2.71. The molecule has 1 amide bonds. The fourth-order valence-corrected chi connectivity index (χ4v) is 2.70. The van der Waals surface area contributed by atoms with E-state index < -0.39 is 17.5 Å². The van der Waals surface area contributed by atoms with Gasteiger partial charge in [-0.05, 0) is 49.2 Å². The minimum Gasteiger partial charge on any atom is -0.484 e. The average molecular weight is 395 g/mol. The molecule has 0 fully saturated rings. The molecule has 29 heavy (non-hydrogen) atoms. The number of para-hydroxylation sites is 1. The molecule has 3 aromatic rings. The number of carbonyl (C=O) groups excluding carboxylic acids is 2. The molecule has 7 heteroatoms. The third kappa shape index (κ3) is 5.44. The molecule has 2 aromatic carbocycles. The van der Waals surface area contributed by atoms with Gasteiger partial charge in [-0.25, -0.2) is 4.79 Å². The Balaban J connectivity index is 1.53. The Morgan fingerprint density at radius 2 is 1.76 bits per heavy atom. The van der Waals surface area contributed by atoms with Gasteiger partial charge in [0.05, 0.1) is 0 Å². The number of amides is 1. The summed E-state index contributed by atoms with van der Waals surface area (Å²) in [5.41, 5.74) is 2.50. The standard InChI is InChI=1S/C22H21NO6/c1-14-8-18-16(10-21(25)29-19(18)9-15(14)2)12-28-22(26)11-23-20(24)13-27-17-6-4-3-5-7-17/h3-10H,11-13H2,1-2H3,(H,23,24). The number of rotatable bonds is 7. The van der Waals surface area contributed by atoms with Crippen LogP contribution in [0.3, 0.4) is 0 Å². The Bertz CT molecular complexity index is 1090. The number of hydrogen-bond acceptors (Lipinski definition) is 6. The second-order valence-corrected chi connectivity index (χ2v) is 6.56. The molecule has 0 spiro atoms. The number of benzene rings is 2. The van der Waals surface area contributed by atoms with Gasteiger partial charge in [0.2, 0.25) is 0 Å². The van der Waals surface area contributed by atoms with E-state index in [9.17, 15) is 14.4 Å². The molecule has 1 heterocycles. The molecule has 1 aromatic heterocycles. The molecular formula is C22H21NO6. The van der Waals surface area contributed by atoms with Gasteiger partial charge in [0.15, 0.2) is 6.61 Å². The summed E-state index contributed by atoms with van der Waals surface area (Å²) in [6, 6.07) is 13.9. The monoisotopic (exact) mass is 395 g/mol. The summed E-state index contributed by atoms with van der Waals surface area (Å²) in [5.74, 6) is -0.503. The first-order valence-electron chi connectivity index (χ1n) is 9.06. The smallest absolute Gasteiger partial charge is 0.336 e. The van der Waals surface area contributed by atoms with Crippen LogP contribution in [0.5, 0.6) is 5.75 Å². The summed E-state index contributed by atoms with van der Waals surface area (Å²) < 4.78 is 15.7. The van der Waals surface area contributed by atoms with Crippen LogP contribution in [0.4, 0.5) is 0 Å². The lowest BCUT2D eigenvalue weighted by molar-refractivity contribution is -0.145. The Hall–Kier alpha value is -3.61. The summed E-state index contributed by atoms with van der Waals surface area (Å²) in [5, 5.41) is 3.14. The van der Waals surface area contributed by atoms with Crippen LogP contribution in [-0.4, -0.2) is 25.0 Å². The zero-order chi connectivity index (χ0) is 20.8. The molecule has 150 valence electrons. The summed E-state index contributed by atoms with van der Waals surface area (Å²) in [6.45, 7) is 3.27. The largest absolute Gasteiger partial charge is 0.484 e. The van der Waals surface area contributed by atoms with E-state index in [1.54, 1.807) is 30.3 Å². The summed E-state index contributed by atoms with van der Waals surface area (Å²) in [6.07, 6.45) is 0. The maximum Gasteiger partial charge on any atom is 0.336 e. The highest BCUT2D eigenvalue weighted by atomic mass is 16.5. The second-order valence-electron chi connectivity index (χ2n) is 6.56. The number of fused-ring (bicyclic) bond motifs is 1. The van der Waals surface area contributed by atoms with E-state index in [-0.39, 0.29) is 19.8 Å². The molecule has 1 N–H and O–H groups in total. The van der Waals surface area contributed by atoms with E-state index in [0.29, 0.717) is 22.3 Å². The Labute approximate surface area is 167 Å². The molecule has 0 saturated heterocycles. The molecule has 0 aliphatic rings. The quantitative estimate of drug-likeness (QED) is 0.488. The minimum atomic E-state index is -0.622. The van der Waals surface area contributed by atoms with Crippen molar-refractivity contribution < 1.29 is 23.5 Å². The van der Waals surface area contributed by atoms with Crippen molar-refractivity contribution in [2.75, 3.05) is 13.2 Å². The highest BCUT2D eigenvalue weighted by Crippen LogP contribution is 2.22. The van der Waals surface area contributed by atoms with E-state index in [0.717, 1.165) is 11.1 Å². The first-order valence-corrected chi connectivity index (χ1v) is 9.06. The van der Waals surface area contributed by atoms with Crippen LogP contribution < -0.4 is 15.7 Å². The number of hydrogen-bond donors (Lipinski definition) is 1. The Morgan fingerprint density at radius 1 is 1.03 bits per heavy atom. The SMILES string of the molecule is Cc1cc2oc(=O)cc(COC(=O)CNC(=O)COc3ccccc3)c2cc1C. The molecule has 0 aliphatic carbocycles. The maximum absolute atomic E-state index is 12.0. The van der Waals surface area contributed by atoms with Gasteiger partial charge in [-0.2, -0.15) is 0 Å². The fourth-order valence-electron chi connectivity index (χ4n) is 2.70. The van der Waals surface area contributed by atoms with Gasteiger partial charge in [0, 0.05) is 17.0 Å². The molecule has 0 unspecified atom stereocenters. The molecule has 3 rings (SSSR count). The third-order valence-corrected chi connectivity index (χ3v) is 4.38. The number of nitrogens with one attached hydrogen (secondary N) is 1.